The molecule has 0 aromatic heterocycles. The Morgan fingerprint density at radius 2 is 1.48 bits per heavy atom. The maximum atomic E-state index is 11.8. The molecule has 0 saturated heterocycles. The molecule has 0 N–H and O–H groups in total. The summed E-state index contributed by atoms with van der Waals surface area (Å²) >= 11 is 0. The van der Waals surface area contributed by atoms with Gasteiger partial charge in [-0.05, 0) is 24.3 Å². The summed E-state index contributed by atoms with van der Waals surface area (Å²) in [4.78, 5) is 16.4. The van der Waals surface area contributed by atoms with Crippen molar-refractivity contribution in [2.75, 3.05) is 0 Å². The molecule has 4 rings (SSSR count). The van der Waals surface area contributed by atoms with E-state index in [-0.39, 0.29) is 5.43 Å². The second-order valence-corrected chi connectivity index (χ2v) is 5.20. The first-order chi connectivity index (χ1) is 11.3. The van der Waals surface area contributed by atoms with Crippen molar-refractivity contribution in [3.05, 3.63) is 89.1 Å². The summed E-state index contributed by atoms with van der Waals surface area (Å²) in [6.07, 6.45) is 0. The van der Waals surface area contributed by atoms with Gasteiger partial charge in [0.1, 0.15) is 0 Å². The third-order valence-corrected chi connectivity index (χ3v) is 3.63. The summed E-state index contributed by atoms with van der Waals surface area (Å²) in [5.74, 6) is 0.626. The van der Waals surface area contributed by atoms with E-state index >= 15 is 0 Å². The highest BCUT2D eigenvalue weighted by Crippen LogP contribution is 2.24. The van der Waals surface area contributed by atoms with Crippen LogP contribution in [0.5, 0.6) is 0 Å². The van der Waals surface area contributed by atoms with Crippen molar-refractivity contribution >= 4 is 0 Å². The van der Waals surface area contributed by atoms with Crippen LogP contribution >= 0.6 is 0 Å². The van der Waals surface area contributed by atoms with Gasteiger partial charge in [0.05, 0.1) is 17.1 Å². The Morgan fingerprint density at radius 1 is 0.783 bits per heavy atom. The second kappa shape index (κ2) is 5.50. The molecule has 1 aliphatic heterocycles. The zero-order valence-electron chi connectivity index (χ0n) is 12.3. The molecule has 2 aliphatic rings. The van der Waals surface area contributed by atoms with Gasteiger partial charge in [0.25, 0.3) is 0 Å². The minimum absolute atomic E-state index is 0.0572. The average Bonchev–Trinajstić information content (AvgIpc) is 2.62. The van der Waals surface area contributed by atoms with Crippen LogP contribution in [-0.2, 0) is 0 Å². The molecule has 1 heterocycles. The van der Waals surface area contributed by atoms with Gasteiger partial charge in [0.2, 0.25) is 0 Å². The predicted octanol–water partition coefficient (Wildman–Crippen LogP) is 3.40. The van der Waals surface area contributed by atoms with E-state index < -0.39 is 0 Å². The quantitative estimate of drug-likeness (QED) is 0.570. The summed E-state index contributed by atoms with van der Waals surface area (Å²) < 4.78 is 1.77. The molecule has 110 valence electrons. The van der Waals surface area contributed by atoms with Crippen LogP contribution in [-0.4, -0.2) is 14.8 Å². The normalized spacial score (nSPS) is 10.8. The molecule has 4 heteroatoms. The molecule has 0 unspecified atom stereocenters. The smallest absolute Gasteiger partial charge is 0.180 e. The molecule has 0 spiro atoms. The molecule has 0 fully saturated rings. The van der Waals surface area contributed by atoms with Gasteiger partial charge >= 0.3 is 0 Å². The van der Waals surface area contributed by atoms with E-state index in [1.165, 1.54) is 6.07 Å². The molecule has 23 heavy (non-hydrogen) atoms. The molecular weight excluding hydrogens is 286 g/mol. The molecular formula is C19H13N3O. The van der Waals surface area contributed by atoms with Crippen LogP contribution in [0, 0.1) is 0 Å². The van der Waals surface area contributed by atoms with Crippen molar-refractivity contribution in [1.29, 1.82) is 0 Å². The third-order valence-electron chi connectivity index (χ3n) is 3.63. The monoisotopic (exact) mass is 299 g/mol. The Kier molecular flexibility index (Phi) is 3.20. The Hall–Kier alpha value is -3.27. The highest BCUT2D eigenvalue weighted by Gasteiger charge is 2.14. The lowest BCUT2D eigenvalue weighted by Crippen LogP contribution is -2.12. The van der Waals surface area contributed by atoms with Crippen LogP contribution < -0.4 is 5.43 Å². The van der Waals surface area contributed by atoms with Crippen LogP contribution in [0.4, 0.5) is 0 Å². The van der Waals surface area contributed by atoms with Gasteiger partial charge in [-0.15, -0.1) is 5.10 Å². The first kappa shape index (κ1) is 13.4. The van der Waals surface area contributed by atoms with Gasteiger partial charge in [0.15, 0.2) is 11.3 Å². The van der Waals surface area contributed by atoms with Crippen LogP contribution in [0.3, 0.4) is 0 Å². The number of hydrogen-bond acceptors (Lipinski definition) is 3. The number of benzene rings is 3. The lowest BCUT2D eigenvalue weighted by molar-refractivity contribution is 0.827. The predicted molar refractivity (Wildman–Crippen MR) is 89.7 cm³/mol. The Bertz CT molecular complexity index is 978. The van der Waals surface area contributed by atoms with E-state index in [4.69, 9.17) is 0 Å². The minimum atomic E-state index is -0.0572. The number of hydrogen-bond donors (Lipinski definition) is 0. The maximum Gasteiger partial charge on any atom is 0.180 e. The summed E-state index contributed by atoms with van der Waals surface area (Å²) in [5, 5.41) is 4.65. The highest BCUT2D eigenvalue weighted by atomic mass is 16.1. The first-order valence-electron chi connectivity index (χ1n) is 7.33. The maximum absolute atomic E-state index is 11.8. The summed E-state index contributed by atoms with van der Waals surface area (Å²) in [5.41, 5.74) is 3.21. The zero-order valence-corrected chi connectivity index (χ0v) is 12.3. The molecule has 0 atom stereocenters. The Labute approximate surface area is 133 Å². The van der Waals surface area contributed by atoms with Gasteiger partial charge in [-0.25, -0.2) is 9.67 Å². The van der Waals surface area contributed by atoms with E-state index in [1.807, 2.05) is 60.7 Å². The molecule has 0 radical (unpaired) electrons. The van der Waals surface area contributed by atoms with Crippen molar-refractivity contribution in [3.63, 3.8) is 0 Å². The summed E-state index contributed by atoms with van der Waals surface area (Å²) in [7, 11) is 0. The number of aromatic nitrogens is 3. The summed E-state index contributed by atoms with van der Waals surface area (Å²) in [6.45, 7) is 0. The van der Waals surface area contributed by atoms with Gasteiger partial charge in [-0.2, -0.15) is 0 Å². The van der Waals surface area contributed by atoms with E-state index in [9.17, 15) is 4.79 Å². The molecule has 2 aromatic rings. The Balaban J connectivity index is 2.03. The van der Waals surface area contributed by atoms with E-state index in [0.29, 0.717) is 11.5 Å². The fourth-order valence-electron chi connectivity index (χ4n) is 2.53. The largest absolute Gasteiger partial charge is 0.290 e. The fourth-order valence-corrected chi connectivity index (χ4v) is 2.53. The van der Waals surface area contributed by atoms with Gasteiger partial charge in [-0.1, -0.05) is 48.5 Å². The van der Waals surface area contributed by atoms with E-state index in [1.54, 1.807) is 16.8 Å². The minimum Gasteiger partial charge on any atom is -0.290 e. The lowest BCUT2D eigenvalue weighted by Gasteiger charge is -2.15. The SMILES string of the molecule is O=c1ccc2nc(-c3ccccc3)nn(-c3ccccc3)c-2c1. The first-order valence-corrected chi connectivity index (χ1v) is 7.33. The van der Waals surface area contributed by atoms with Gasteiger partial charge < -0.3 is 0 Å². The highest BCUT2D eigenvalue weighted by molar-refractivity contribution is 5.64. The van der Waals surface area contributed by atoms with Crippen LogP contribution in [0.25, 0.3) is 28.5 Å². The van der Waals surface area contributed by atoms with Crippen molar-refractivity contribution in [2.24, 2.45) is 0 Å². The van der Waals surface area contributed by atoms with Gasteiger partial charge in [-0.3, -0.25) is 4.79 Å². The Morgan fingerprint density at radius 3 is 2.22 bits per heavy atom. The summed E-state index contributed by atoms with van der Waals surface area (Å²) in [6, 6.07) is 24.4. The van der Waals surface area contributed by atoms with E-state index in [0.717, 1.165) is 16.9 Å². The van der Waals surface area contributed by atoms with Crippen molar-refractivity contribution in [1.82, 2.24) is 14.8 Å². The number of rotatable bonds is 2. The number of fused-ring (bicyclic) bond motifs is 1. The topological polar surface area (TPSA) is 47.8 Å². The molecule has 0 saturated carbocycles. The van der Waals surface area contributed by atoms with Crippen LogP contribution in [0.2, 0.25) is 0 Å². The molecule has 4 nitrogen and oxygen atoms in total. The standard InChI is InChI=1S/C19H13N3O/c23-16-11-12-17-18(13-16)22(15-9-5-2-6-10-15)21-19(20-17)14-7-3-1-4-8-14/h1-13H. The second-order valence-electron chi connectivity index (χ2n) is 5.20. The average molecular weight is 299 g/mol. The van der Waals surface area contributed by atoms with E-state index in [2.05, 4.69) is 10.1 Å². The number of para-hydroxylation sites is 1. The fraction of sp³-hybridized carbons (Fsp3) is 0. The molecule has 0 bridgehead atoms. The molecule has 1 aliphatic carbocycles. The molecule has 0 amide bonds. The van der Waals surface area contributed by atoms with Crippen molar-refractivity contribution in [2.45, 2.75) is 0 Å². The zero-order chi connectivity index (χ0) is 15.6. The third kappa shape index (κ3) is 2.51. The van der Waals surface area contributed by atoms with Crippen LogP contribution in [0.15, 0.2) is 83.7 Å². The molecule has 2 aromatic carbocycles. The number of nitrogens with zero attached hydrogens (tertiary/aromatic N) is 3. The van der Waals surface area contributed by atoms with Gasteiger partial charge in [0, 0.05) is 11.6 Å². The van der Waals surface area contributed by atoms with Crippen molar-refractivity contribution in [3.8, 4) is 28.5 Å². The van der Waals surface area contributed by atoms with Crippen molar-refractivity contribution < 1.29 is 0 Å². The lowest BCUT2D eigenvalue weighted by atomic mass is 10.1. The van der Waals surface area contributed by atoms with Crippen LogP contribution in [0.1, 0.15) is 0 Å².